The highest BCUT2D eigenvalue weighted by Crippen LogP contribution is 2.33. The van der Waals surface area contributed by atoms with Crippen LogP contribution >= 0.6 is 0 Å². The number of rotatable bonds is 2. The number of ether oxygens (including phenoxy) is 1. The molecule has 3 rings (SSSR count). The lowest BCUT2D eigenvalue weighted by Gasteiger charge is -2.27. The first-order valence-electron chi connectivity index (χ1n) is 6.41. The third-order valence-corrected chi connectivity index (χ3v) is 3.72. The first-order valence-corrected chi connectivity index (χ1v) is 6.41. The Labute approximate surface area is 110 Å². The van der Waals surface area contributed by atoms with Gasteiger partial charge in [0.25, 0.3) is 11.7 Å². The van der Waals surface area contributed by atoms with Crippen molar-refractivity contribution in [2.45, 2.75) is 12.8 Å². The van der Waals surface area contributed by atoms with Gasteiger partial charge in [-0.1, -0.05) is 6.07 Å². The minimum absolute atomic E-state index is 0.143. The van der Waals surface area contributed by atoms with E-state index in [4.69, 9.17) is 4.74 Å². The second kappa shape index (κ2) is 4.74. The summed E-state index contributed by atoms with van der Waals surface area (Å²) in [5, 5.41) is 0. The Morgan fingerprint density at radius 2 is 2.00 bits per heavy atom. The molecule has 2 heterocycles. The van der Waals surface area contributed by atoms with Crippen molar-refractivity contribution in [1.82, 2.24) is 0 Å². The lowest BCUT2D eigenvalue weighted by Crippen LogP contribution is -2.36. The average molecular weight is 263 g/mol. The Morgan fingerprint density at radius 1 is 1.26 bits per heavy atom. The molecule has 0 spiro atoms. The predicted octanol–water partition coefficient (Wildman–Crippen LogP) is 1.78. The van der Waals surface area contributed by atoms with Gasteiger partial charge in [-0.05, 0) is 30.9 Å². The van der Waals surface area contributed by atoms with Crippen LogP contribution in [-0.2, 0) is 9.53 Å². The van der Waals surface area contributed by atoms with Gasteiger partial charge in [0.05, 0.1) is 11.3 Å². The van der Waals surface area contributed by atoms with Crippen molar-refractivity contribution in [1.29, 1.82) is 0 Å². The fourth-order valence-corrected chi connectivity index (χ4v) is 2.67. The van der Waals surface area contributed by atoms with Crippen LogP contribution in [0.4, 0.5) is 10.1 Å². The van der Waals surface area contributed by atoms with Gasteiger partial charge in [0, 0.05) is 19.8 Å². The van der Waals surface area contributed by atoms with E-state index in [1.165, 1.54) is 23.1 Å². The van der Waals surface area contributed by atoms with Gasteiger partial charge in [-0.15, -0.1) is 0 Å². The molecule has 0 N–H and O–H groups in total. The third-order valence-electron chi connectivity index (χ3n) is 3.72. The van der Waals surface area contributed by atoms with Crippen LogP contribution in [0.3, 0.4) is 0 Å². The van der Waals surface area contributed by atoms with E-state index in [0.29, 0.717) is 19.8 Å². The zero-order valence-electron chi connectivity index (χ0n) is 10.4. The zero-order chi connectivity index (χ0) is 13.4. The number of hydrogen-bond donors (Lipinski definition) is 0. The van der Waals surface area contributed by atoms with E-state index < -0.39 is 17.5 Å². The van der Waals surface area contributed by atoms with Crippen molar-refractivity contribution in [3.05, 3.63) is 29.6 Å². The monoisotopic (exact) mass is 263 g/mol. The molecule has 19 heavy (non-hydrogen) atoms. The van der Waals surface area contributed by atoms with E-state index in [0.717, 1.165) is 12.8 Å². The van der Waals surface area contributed by atoms with Crippen LogP contribution in [0, 0.1) is 11.7 Å². The van der Waals surface area contributed by atoms with Crippen LogP contribution in [0.2, 0.25) is 0 Å². The van der Waals surface area contributed by atoms with Crippen molar-refractivity contribution in [2.24, 2.45) is 5.92 Å². The largest absolute Gasteiger partial charge is 0.381 e. The summed E-state index contributed by atoms with van der Waals surface area (Å²) < 4.78 is 19.1. The van der Waals surface area contributed by atoms with Gasteiger partial charge >= 0.3 is 0 Å². The average Bonchev–Trinajstić information content (AvgIpc) is 2.67. The molecule has 100 valence electrons. The number of para-hydroxylation sites is 1. The maximum atomic E-state index is 13.9. The van der Waals surface area contributed by atoms with E-state index in [-0.39, 0.29) is 17.2 Å². The third kappa shape index (κ3) is 2.04. The van der Waals surface area contributed by atoms with Gasteiger partial charge in [-0.3, -0.25) is 9.59 Å². The molecular formula is C14H14FNO3. The quantitative estimate of drug-likeness (QED) is 0.764. The summed E-state index contributed by atoms with van der Waals surface area (Å²) >= 11 is 0. The Bertz CT molecular complexity index is 537. The topological polar surface area (TPSA) is 46.6 Å². The highest BCUT2D eigenvalue weighted by Gasteiger charge is 2.38. The smallest absolute Gasteiger partial charge is 0.299 e. The Balaban J connectivity index is 1.90. The van der Waals surface area contributed by atoms with Crippen LogP contribution in [0.5, 0.6) is 0 Å². The maximum absolute atomic E-state index is 13.9. The second-order valence-corrected chi connectivity index (χ2v) is 4.94. The molecule has 1 saturated heterocycles. The number of nitrogens with zero attached hydrogens (tertiary/aromatic N) is 1. The summed E-state index contributed by atoms with van der Waals surface area (Å²) in [6.07, 6.45) is 1.67. The van der Waals surface area contributed by atoms with E-state index in [1.54, 1.807) is 0 Å². The van der Waals surface area contributed by atoms with Crippen molar-refractivity contribution in [3.63, 3.8) is 0 Å². The minimum atomic E-state index is -0.619. The molecule has 1 aromatic carbocycles. The summed E-state index contributed by atoms with van der Waals surface area (Å²) in [6.45, 7) is 1.71. The number of amides is 1. The molecule has 0 aliphatic carbocycles. The van der Waals surface area contributed by atoms with Crippen LogP contribution in [0.15, 0.2) is 18.2 Å². The zero-order valence-corrected chi connectivity index (χ0v) is 10.4. The number of anilines is 1. The Morgan fingerprint density at radius 3 is 2.74 bits per heavy atom. The summed E-state index contributed by atoms with van der Waals surface area (Å²) in [5.74, 6) is -1.48. The van der Waals surface area contributed by atoms with Crippen LogP contribution in [0.1, 0.15) is 23.2 Å². The molecule has 0 bridgehead atoms. The van der Waals surface area contributed by atoms with Crippen molar-refractivity contribution < 1.29 is 18.7 Å². The Kier molecular flexibility index (Phi) is 3.06. The second-order valence-electron chi connectivity index (χ2n) is 4.94. The van der Waals surface area contributed by atoms with Crippen molar-refractivity contribution in [3.8, 4) is 0 Å². The van der Waals surface area contributed by atoms with Crippen molar-refractivity contribution >= 4 is 17.4 Å². The number of carbonyl (C=O) groups is 2. The normalized spacial score (nSPS) is 19.9. The molecule has 2 aliphatic heterocycles. The van der Waals surface area contributed by atoms with Gasteiger partial charge in [-0.2, -0.15) is 0 Å². The van der Waals surface area contributed by atoms with E-state index in [9.17, 15) is 14.0 Å². The number of carbonyl (C=O) groups excluding carboxylic acids is 2. The van der Waals surface area contributed by atoms with Crippen LogP contribution in [0.25, 0.3) is 0 Å². The number of Topliss-reactive ketones (excluding diaryl/α,β-unsaturated/α-hetero) is 1. The van der Waals surface area contributed by atoms with Crippen molar-refractivity contribution in [2.75, 3.05) is 24.7 Å². The number of fused-ring (bicyclic) bond motifs is 1. The number of hydrogen-bond acceptors (Lipinski definition) is 3. The highest BCUT2D eigenvalue weighted by molar-refractivity contribution is 6.52. The van der Waals surface area contributed by atoms with Gasteiger partial charge in [0.1, 0.15) is 5.82 Å². The molecular weight excluding hydrogens is 249 g/mol. The SMILES string of the molecule is O=C1C(=O)N(CC2CCOCC2)c2c(F)cccc21. The number of benzene rings is 1. The summed E-state index contributed by atoms with van der Waals surface area (Å²) in [7, 11) is 0. The lowest BCUT2D eigenvalue weighted by molar-refractivity contribution is -0.114. The van der Waals surface area contributed by atoms with Gasteiger partial charge in [0.2, 0.25) is 0 Å². The predicted molar refractivity (Wildman–Crippen MR) is 66.6 cm³/mol. The molecule has 0 atom stereocenters. The summed E-state index contributed by atoms with van der Waals surface area (Å²) in [4.78, 5) is 25.1. The number of halogens is 1. The van der Waals surface area contributed by atoms with Gasteiger partial charge < -0.3 is 9.64 Å². The fraction of sp³-hybridized carbons (Fsp3) is 0.429. The molecule has 0 unspecified atom stereocenters. The molecule has 1 amide bonds. The molecule has 0 aromatic heterocycles. The van der Waals surface area contributed by atoms with E-state index in [1.807, 2.05) is 0 Å². The molecule has 0 saturated carbocycles. The highest BCUT2D eigenvalue weighted by atomic mass is 19.1. The van der Waals surface area contributed by atoms with E-state index in [2.05, 4.69) is 0 Å². The van der Waals surface area contributed by atoms with Gasteiger partial charge in [0.15, 0.2) is 0 Å². The summed E-state index contributed by atoms with van der Waals surface area (Å²) in [5.41, 5.74) is 0.320. The van der Waals surface area contributed by atoms with Crippen LogP contribution in [-0.4, -0.2) is 31.4 Å². The van der Waals surface area contributed by atoms with E-state index >= 15 is 0 Å². The molecule has 1 aromatic rings. The minimum Gasteiger partial charge on any atom is -0.381 e. The van der Waals surface area contributed by atoms with Crippen LogP contribution < -0.4 is 4.90 Å². The first kappa shape index (κ1) is 12.3. The Hall–Kier alpha value is -1.75. The molecule has 2 aliphatic rings. The molecule has 0 radical (unpaired) electrons. The number of ketones is 1. The molecule has 4 nitrogen and oxygen atoms in total. The first-order chi connectivity index (χ1) is 9.18. The van der Waals surface area contributed by atoms with Gasteiger partial charge in [-0.25, -0.2) is 4.39 Å². The molecule has 1 fully saturated rings. The molecule has 5 heteroatoms. The fourth-order valence-electron chi connectivity index (χ4n) is 2.67. The summed E-state index contributed by atoms with van der Waals surface area (Å²) in [6, 6.07) is 4.24. The standard InChI is InChI=1S/C14H14FNO3/c15-11-3-1-2-10-12(11)16(14(18)13(10)17)8-9-4-6-19-7-5-9/h1-3,9H,4-8H2. The maximum Gasteiger partial charge on any atom is 0.299 e. The lowest BCUT2D eigenvalue weighted by atomic mass is 9.99.